The zero-order valence-corrected chi connectivity index (χ0v) is 28.0. The molecule has 2 unspecified atom stereocenters. The molecular weight excluding hydrogens is 587 g/mol. The topological polar surface area (TPSA) is 92.3 Å². The van der Waals surface area contributed by atoms with Gasteiger partial charge in [-0.15, -0.1) is 0 Å². The van der Waals surface area contributed by atoms with Crippen molar-refractivity contribution in [3.63, 3.8) is 0 Å². The number of nitrogens with zero attached hydrogens (tertiary/aromatic N) is 5. The van der Waals surface area contributed by atoms with E-state index < -0.39 is 11.9 Å². The van der Waals surface area contributed by atoms with Crippen LogP contribution in [0.25, 0.3) is 0 Å². The van der Waals surface area contributed by atoms with E-state index in [1.807, 2.05) is 24.3 Å². The predicted octanol–water partition coefficient (Wildman–Crippen LogP) is 6.60. The summed E-state index contributed by atoms with van der Waals surface area (Å²) in [7, 11) is 3.73. The molecule has 3 aromatic rings. The zero-order chi connectivity index (χ0) is 33.1. The van der Waals surface area contributed by atoms with Crippen LogP contribution in [-0.2, 0) is 11.3 Å². The van der Waals surface area contributed by atoms with Crippen molar-refractivity contribution >= 4 is 23.5 Å². The number of piperazine rings is 1. The van der Waals surface area contributed by atoms with Gasteiger partial charge in [0.1, 0.15) is 18.2 Å². The molecule has 11 heteroatoms. The summed E-state index contributed by atoms with van der Waals surface area (Å²) >= 11 is 0. The van der Waals surface area contributed by atoms with Gasteiger partial charge >= 0.3 is 6.09 Å². The quantitative estimate of drug-likeness (QED) is 0.185. The van der Waals surface area contributed by atoms with Gasteiger partial charge in [0.2, 0.25) is 5.95 Å². The van der Waals surface area contributed by atoms with Crippen molar-refractivity contribution < 1.29 is 23.4 Å². The number of aromatic nitrogens is 2. The molecule has 1 amide bonds. The minimum atomic E-state index is -0.508. The highest BCUT2D eigenvalue weighted by Crippen LogP contribution is 2.29. The van der Waals surface area contributed by atoms with E-state index in [-0.39, 0.29) is 36.2 Å². The van der Waals surface area contributed by atoms with Crippen molar-refractivity contribution in [3.05, 3.63) is 66.1 Å². The smallest absolute Gasteiger partial charge is 0.416 e. The first-order valence-electron chi connectivity index (χ1n) is 16.2. The number of benzene rings is 2. The Morgan fingerprint density at radius 1 is 1.09 bits per heavy atom. The highest BCUT2D eigenvalue weighted by Gasteiger charge is 2.34. The van der Waals surface area contributed by atoms with E-state index >= 15 is 0 Å². The SMILES string of the molecule is CCC(C)C(C(C)C)N(C(=O)OCc1cccc(OC)c1)c1ccnc(Nc2ccc(OCCCN3CCN(C)CC3)c(F)c2)n1. The zero-order valence-electron chi connectivity index (χ0n) is 28.0. The largest absolute Gasteiger partial charge is 0.497 e. The summed E-state index contributed by atoms with van der Waals surface area (Å²) in [4.78, 5) is 29.1. The molecule has 0 bridgehead atoms. The molecule has 2 aromatic carbocycles. The summed E-state index contributed by atoms with van der Waals surface area (Å²) in [5.74, 6) is 1.33. The summed E-state index contributed by atoms with van der Waals surface area (Å²) in [6.45, 7) is 14.1. The number of ether oxygens (including phenoxy) is 3. The lowest BCUT2D eigenvalue weighted by atomic mass is 9.88. The summed E-state index contributed by atoms with van der Waals surface area (Å²) in [6.07, 6.45) is 2.76. The van der Waals surface area contributed by atoms with Gasteiger partial charge in [-0.05, 0) is 61.2 Å². The molecule has 0 radical (unpaired) electrons. The number of carbonyl (C=O) groups excluding carboxylic acids is 1. The highest BCUT2D eigenvalue weighted by atomic mass is 19.1. The molecule has 4 rings (SSSR count). The third kappa shape index (κ3) is 9.77. The van der Waals surface area contributed by atoms with E-state index in [4.69, 9.17) is 14.2 Å². The Balaban J connectivity index is 1.44. The average Bonchev–Trinajstić information content (AvgIpc) is 3.05. The van der Waals surface area contributed by atoms with Gasteiger partial charge in [0.25, 0.3) is 0 Å². The van der Waals surface area contributed by atoms with Crippen LogP contribution in [0.2, 0.25) is 0 Å². The number of carbonyl (C=O) groups is 1. The molecule has 1 N–H and O–H groups in total. The molecule has 0 aliphatic carbocycles. The number of halogens is 1. The second kappa shape index (κ2) is 17.1. The fourth-order valence-corrected chi connectivity index (χ4v) is 5.71. The van der Waals surface area contributed by atoms with Gasteiger partial charge in [-0.3, -0.25) is 4.90 Å². The van der Waals surface area contributed by atoms with Gasteiger partial charge in [-0.1, -0.05) is 46.2 Å². The maximum Gasteiger partial charge on any atom is 0.416 e. The molecule has 1 fully saturated rings. The molecule has 1 saturated heterocycles. The molecule has 0 saturated carbocycles. The van der Waals surface area contributed by atoms with Crippen molar-refractivity contribution in [1.29, 1.82) is 0 Å². The Morgan fingerprint density at radius 2 is 1.87 bits per heavy atom. The van der Waals surface area contributed by atoms with Gasteiger partial charge in [0.05, 0.1) is 13.7 Å². The van der Waals surface area contributed by atoms with Crippen LogP contribution in [0.15, 0.2) is 54.7 Å². The van der Waals surface area contributed by atoms with Crippen LogP contribution >= 0.6 is 0 Å². The monoisotopic (exact) mass is 636 g/mol. The van der Waals surface area contributed by atoms with Crippen LogP contribution < -0.4 is 19.7 Å². The molecule has 2 heterocycles. The van der Waals surface area contributed by atoms with Crippen LogP contribution in [0.4, 0.5) is 26.6 Å². The number of nitrogens with one attached hydrogen (secondary N) is 1. The number of rotatable bonds is 15. The van der Waals surface area contributed by atoms with Crippen LogP contribution in [0.5, 0.6) is 11.5 Å². The Bertz CT molecular complexity index is 1400. The molecule has 10 nitrogen and oxygen atoms in total. The molecule has 0 spiro atoms. The van der Waals surface area contributed by atoms with Crippen LogP contribution in [0.3, 0.4) is 0 Å². The predicted molar refractivity (Wildman–Crippen MR) is 180 cm³/mol. The van der Waals surface area contributed by atoms with Crippen molar-refractivity contribution in [1.82, 2.24) is 19.8 Å². The molecule has 1 aliphatic heterocycles. The third-order valence-corrected chi connectivity index (χ3v) is 8.45. The minimum Gasteiger partial charge on any atom is -0.497 e. The van der Waals surface area contributed by atoms with Crippen molar-refractivity contribution in [2.75, 3.05) is 63.7 Å². The lowest BCUT2D eigenvalue weighted by Crippen LogP contribution is -2.48. The van der Waals surface area contributed by atoms with Crippen LogP contribution in [-0.4, -0.2) is 85.4 Å². The third-order valence-electron chi connectivity index (χ3n) is 8.45. The van der Waals surface area contributed by atoms with E-state index in [1.165, 1.54) is 6.07 Å². The number of amides is 1. The molecule has 46 heavy (non-hydrogen) atoms. The van der Waals surface area contributed by atoms with Gasteiger partial charge in [0.15, 0.2) is 11.6 Å². The van der Waals surface area contributed by atoms with Gasteiger partial charge in [-0.25, -0.2) is 14.2 Å². The van der Waals surface area contributed by atoms with Gasteiger partial charge < -0.3 is 29.3 Å². The number of methoxy groups -OCH3 is 1. The minimum absolute atomic E-state index is 0.0809. The summed E-state index contributed by atoms with van der Waals surface area (Å²) in [5.41, 5.74) is 1.28. The normalized spacial score (nSPS) is 15.3. The van der Waals surface area contributed by atoms with Crippen LogP contribution in [0, 0.1) is 17.7 Å². The number of hydrogen-bond donors (Lipinski definition) is 1. The van der Waals surface area contributed by atoms with Gasteiger partial charge in [-0.2, -0.15) is 4.98 Å². The lowest BCUT2D eigenvalue weighted by molar-refractivity contribution is 0.138. The number of hydrogen-bond acceptors (Lipinski definition) is 9. The number of likely N-dealkylation sites (N-methyl/N-ethyl adjacent to an activating group) is 1. The first-order valence-corrected chi connectivity index (χ1v) is 16.2. The molecule has 1 aliphatic rings. The summed E-state index contributed by atoms with van der Waals surface area (Å²) < 4.78 is 31.9. The van der Waals surface area contributed by atoms with Crippen molar-refractivity contribution in [2.45, 2.75) is 53.2 Å². The maximum atomic E-state index is 15.0. The first-order chi connectivity index (χ1) is 22.2. The van der Waals surface area contributed by atoms with Crippen molar-refractivity contribution in [3.8, 4) is 11.5 Å². The molecule has 1 aromatic heterocycles. The Hall–Kier alpha value is -3.96. The first kappa shape index (κ1) is 34.9. The fourth-order valence-electron chi connectivity index (χ4n) is 5.71. The summed E-state index contributed by atoms with van der Waals surface area (Å²) in [6, 6.07) is 13.6. The average molecular weight is 637 g/mol. The number of anilines is 3. The fraction of sp³-hybridized carbons (Fsp3) is 0.514. The molecule has 250 valence electrons. The van der Waals surface area contributed by atoms with Crippen molar-refractivity contribution in [2.24, 2.45) is 11.8 Å². The Kier molecular flexibility index (Phi) is 13.0. The van der Waals surface area contributed by atoms with E-state index in [1.54, 1.807) is 36.4 Å². The standard InChI is InChI=1S/C35H49FN6O4/c1-7-26(4)33(25(2)3)42(35(43)46-24-27-10-8-11-29(22-27)44-6)32-14-15-37-34(39-32)38-28-12-13-31(30(36)23-28)45-21-9-16-41-19-17-40(5)18-20-41/h8,10-15,22-23,25-26,33H,7,9,16-21,24H2,1-6H3,(H,37,38,39). The summed E-state index contributed by atoms with van der Waals surface area (Å²) in [5, 5.41) is 3.08. The van der Waals surface area contributed by atoms with E-state index in [0.717, 1.165) is 51.1 Å². The second-order valence-electron chi connectivity index (χ2n) is 12.3. The lowest BCUT2D eigenvalue weighted by Gasteiger charge is -2.36. The van der Waals surface area contributed by atoms with Crippen LogP contribution in [0.1, 0.15) is 46.1 Å². The second-order valence-corrected chi connectivity index (χ2v) is 12.3. The Labute approximate surface area is 272 Å². The van der Waals surface area contributed by atoms with Gasteiger partial charge in [0, 0.05) is 56.7 Å². The maximum absolute atomic E-state index is 15.0. The molecular formula is C35H49FN6O4. The van der Waals surface area contributed by atoms with E-state index in [9.17, 15) is 9.18 Å². The molecule has 2 atom stereocenters. The Morgan fingerprint density at radius 3 is 2.57 bits per heavy atom. The highest BCUT2D eigenvalue weighted by molar-refractivity contribution is 5.87. The van der Waals surface area contributed by atoms with E-state index in [2.05, 4.69) is 59.8 Å². The van der Waals surface area contributed by atoms with E-state index in [0.29, 0.717) is 23.9 Å².